The molecular weight excluding hydrogens is 453 g/mol. The van der Waals surface area contributed by atoms with Crippen LogP contribution in [0, 0.1) is 0 Å². The van der Waals surface area contributed by atoms with Crippen molar-refractivity contribution in [3.8, 4) is 11.1 Å². The van der Waals surface area contributed by atoms with Crippen molar-refractivity contribution >= 4 is 18.0 Å². The minimum absolute atomic E-state index is 0.00710. The Morgan fingerprint density at radius 1 is 1.06 bits per heavy atom. The molecule has 0 bridgehead atoms. The molecule has 3 rings (SSSR count). The number of ether oxygens (including phenoxy) is 1. The highest BCUT2D eigenvalue weighted by Gasteiger charge is 2.38. The predicted octanol–water partition coefficient (Wildman–Crippen LogP) is 4.17. The monoisotopic (exact) mass is 478 g/mol. The Morgan fingerprint density at radius 2 is 1.62 bits per heavy atom. The second kappa shape index (κ2) is 10.6. The van der Waals surface area contributed by atoms with Crippen LogP contribution in [0.4, 0.5) is 18.0 Å². The third kappa shape index (κ3) is 6.06. The molecule has 10 heteroatoms. The summed E-state index contributed by atoms with van der Waals surface area (Å²) in [5.74, 6) is -2.50. The largest absolute Gasteiger partial charge is 0.481 e. The van der Waals surface area contributed by atoms with Gasteiger partial charge in [0.25, 0.3) is 0 Å². The molecule has 7 nitrogen and oxygen atoms in total. The molecule has 1 atom stereocenters. The molecule has 0 fully saturated rings. The molecule has 0 spiro atoms. The van der Waals surface area contributed by atoms with E-state index in [9.17, 15) is 27.6 Å². The summed E-state index contributed by atoms with van der Waals surface area (Å²) in [7, 11) is 0. The van der Waals surface area contributed by atoms with E-state index in [-0.39, 0.29) is 25.6 Å². The normalized spacial score (nSPS) is 13.5. The van der Waals surface area contributed by atoms with Gasteiger partial charge in [0.1, 0.15) is 12.6 Å². The Hall–Kier alpha value is -3.56. The van der Waals surface area contributed by atoms with Gasteiger partial charge in [-0.15, -0.1) is 0 Å². The molecule has 0 radical (unpaired) electrons. The van der Waals surface area contributed by atoms with E-state index in [0.717, 1.165) is 27.2 Å². The summed E-state index contributed by atoms with van der Waals surface area (Å²) in [6, 6.07) is 13.3. The van der Waals surface area contributed by atoms with E-state index in [4.69, 9.17) is 9.84 Å². The lowest BCUT2D eigenvalue weighted by atomic mass is 9.98. The lowest BCUT2D eigenvalue weighted by molar-refractivity contribution is -0.154. The van der Waals surface area contributed by atoms with Crippen molar-refractivity contribution in [2.75, 3.05) is 19.7 Å². The zero-order valence-electron chi connectivity index (χ0n) is 18.5. The van der Waals surface area contributed by atoms with Gasteiger partial charge in [0.2, 0.25) is 5.91 Å². The van der Waals surface area contributed by atoms with E-state index in [1.54, 1.807) is 0 Å². The first-order valence-electron chi connectivity index (χ1n) is 10.8. The average molecular weight is 478 g/mol. The number of carboxylic acids is 1. The summed E-state index contributed by atoms with van der Waals surface area (Å²) in [6.45, 7) is 1.11. The second-order valence-electron chi connectivity index (χ2n) is 7.90. The van der Waals surface area contributed by atoms with E-state index in [2.05, 4.69) is 0 Å². The first-order chi connectivity index (χ1) is 16.1. The maximum Gasteiger partial charge on any atom is 0.407 e. The molecule has 34 heavy (non-hydrogen) atoms. The van der Waals surface area contributed by atoms with Crippen LogP contribution in [-0.2, 0) is 14.3 Å². The molecule has 0 saturated carbocycles. The zero-order chi connectivity index (χ0) is 24.9. The quantitative estimate of drug-likeness (QED) is 0.564. The highest BCUT2D eigenvalue weighted by atomic mass is 19.4. The van der Waals surface area contributed by atoms with E-state index in [0.29, 0.717) is 0 Å². The van der Waals surface area contributed by atoms with Gasteiger partial charge in [0, 0.05) is 19.0 Å². The number of alkyl carbamates (subject to hydrolysis) is 1. The molecule has 182 valence electrons. The van der Waals surface area contributed by atoms with Gasteiger partial charge >= 0.3 is 18.2 Å². The molecule has 0 heterocycles. The summed E-state index contributed by atoms with van der Waals surface area (Å²) in [4.78, 5) is 36.9. The van der Waals surface area contributed by atoms with Gasteiger partial charge in [-0.1, -0.05) is 48.5 Å². The topological polar surface area (TPSA) is 95.9 Å². The van der Waals surface area contributed by atoms with Crippen LogP contribution in [0.1, 0.15) is 36.8 Å². The standard InChI is InChI=1S/C24H25F3N2O5/c1-2-29(12-11-21(30)31)22(32)20(13-24(25,26)27)28-23(33)34-14-19-17-9-5-3-7-15(17)16-8-4-6-10-18(16)19/h3-10,19-20H,2,11-14H2,1H3,(H,28,33)(H,30,31). The molecule has 2 aromatic rings. The summed E-state index contributed by atoms with van der Waals surface area (Å²) < 4.78 is 44.6. The van der Waals surface area contributed by atoms with Crippen molar-refractivity contribution in [1.29, 1.82) is 0 Å². The Kier molecular flexibility index (Phi) is 7.80. The van der Waals surface area contributed by atoms with E-state index >= 15 is 0 Å². The summed E-state index contributed by atoms with van der Waals surface area (Å²) >= 11 is 0. The molecule has 1 unspecified atom stereocenters. The number of nitrogens with zero attached hydrogens (tertiary/aromatic N) is 1. The number of carboxylic acid groups (broad SMARTS) is 1. The minimum atomic E-state index is -4.73. The summed E-state index contributed by atoms with van der Waals surface area (Å²) in [6.07, 6.45) is -7.91. The number of halogens is 3. The van der Waals surface area contributed by atoms with E-state index in [1.165, 1.54) is 6.92 Å². The van der Waals surface area contributed by atoms with Crippen molar-refractivity contribution in [2.45, 2.75) is 37.9 Å². The fraction of sp³-hybridized carbons (Fsp3) is 0.375. The number of amides is 2. The second-order valence-corrected chi connectivity index (χ2v) is 7.90. The Balaban J connectivity index is 1.70. The van der Waals surface area contributed by atoms with Crippen molar-refractivity contribution in [1.82, 2.24) is 10.2 Å². The van der Waals surface area contributed by atoms with Gasteiger partial charge in [-0.3, -0.25) is 9.59 Å². The van der Waals surface area contributed by atoms with Gasteiger partial charge in [0.15, 0.2) is 0 Å². The molecule has 1 aliphatic carbocycles. The number of fused-ring (bicyclic) bond motifs is 3. The number of hydrogen-bond donors (Lipinski definition) is 2. The number of alkyl halides is 3. The highest BCUT2D eigenvalue weighted by molar-refractivity contribution is 5.86. The van der Waals surface area contributed by atoms with Crippen molar-refractivity contribution in [3.63, 3.8) is 0 Å². The number of carbonyl (C=O) groups excluding carboxylic acids is 2. The van der Waals surface area contributed by atoms with Gasteiger partial charge in [-0.25, -0.2) is 4.79 Å². The number of likely N-dealkylation sites (N-methyl/N-ethyl adjacent to an activating group) is 1. The third-order valence-corrected chi connectivity index (χ3v) is 5.66. The predicted molar refractivity (Wildman–Crippen MR) is 117 cm³/mol. The molecule has 2 amide bonds. The molecule has 2 N–H and O–H groups in total. The fourth-order valence-corrected chi connectivity index (χ4v) is 4.09. The number of benzene rings is 2. The summed E-state index contributed by atoms with van der Waals surface area (Å²) in [5, 5.41) is 10.8. The Morgan fingerprint density at radius 3 is 2.12 bits per heavy atom. The smallest absolute Gasteiger partial charge is 0.407 e. The molecule has 0 saturated heterocycles. The van der Waals surface area contributed by atoms with Gasteiger partial charge < -0.3 is 20.1 Å². The van der Waals surface area contributed by atoms with Crippen LogP contribution in [0.25, 0.3) is 11.1 Å². The van der Waals surface area contributed by atoms with Crippen LogP contribution >= 0.6 is 0 Å². The van der Waals surface area contributed by atoms with E-state index in [1.807, 2.05) is 53.8 Å². The number of aliphatic carboxylic acids is 1. The van der Waals surface area contributed by atoms with E-state index < -0.39 is 43.0 Å². The van der Waals surface area contributed by atoms with Gasteiger partial charge in [-0.2, -0.15) is 13.2 Å². The molecule has 0 aromatic heterocycles. The first-order valence-corrected chi connectivity index (χ1v) is 10.8. The average Bonchev–Trinajstić information content (AvgIpc) is 3.10. The fourth-order valence-electron chi connectivity index (χ4n) is 4.09. The first kappa shape index (κ1) is 25.1. The maximum atomic E-state index is 13.1. The molecular formula is C24H25F3N2O5. The molecule has 2 aromatic carbocycles. The SMILES string of the molecule is CCN(CCC(=O)O)C(=O)C(CC(F)(F)F)NC(=O)OCC1c2ccccc2-c2ccccc21. The van der Waals surface area contributed by atoms with Crippen LogP contribution < -0.4 is 5.32 Å². The van der Waals surface area contributed by atoms with Crippen molar-refractivity contribution in [3.05, 3.63) is 59.7 Å². The van der Waals surface area contributed by atoms with Crippen LogP contribution in [0.15, 0.2) is 48.5 Å². The van der Waals surface area contributed by atoms with Crippen LogP contribution in [0.5, 0.6) is 0 Å². The third-order valence-electron chi connectivity index (χ3n) is 5.66. The van der Waals surface area contributed by atoms with Crippen LogP contribution in [0.3, 0.4) is 0 Å². The minimum Gasteiger partial charge on any atom is -0.481 e. The lowest BCUT2D eigenvalue weighted by Gasteiger charge is -2.27. The van der Waals surface area contributed by atoms with Crippen molar-refractivity contribution in [2.24, 2.45) is 0 Å². The lowest BCUT2D eigenvalue weighted by Crippen LogP contribution is -2.51. The Bertz CT molecular complexity index is 1010. The summed E-state index contributed by atoms with van der Waals surface area (Å²) in [5.41, 5.74) is 3.86. The number of hydrogen-bond acceptors (Lipinski definition) is 4. The highest BCUT2D eigenvalue weighted by Crippen LogP contribution is 2.44. The van der Waals surface area contributed by atoms with Crippen LogP contribution in [-0.4, -0.2) is 59.9 Å². The number of nitrogens with one attached hydrogen (secondary N) is 1. The van der Waals surface area contributed by atoms with Gasteiger partial charge in [0.05, 0.1) is 12.8 Å². The number of rotatable bonds is 9. The van der Waals surface area contributed by atoms with Crippen LogP contribution in [0.2, 0.25) is 0 Å². The molecule has 0 aliphatic heterocycles. The van der Waals surface area contributed by atoms with Crippen molar-refractivity contribution < 1.29 is 37.4 Å². The number of carbonyl (C=O) groups is 3. The van der Waals surface area contributed by atoms with Gasteiger partial charge in [-0.05, 0) is 29.2 Å². The Labute approximate surface area is 194 Å². The molecule has 1 aliphatic rings. The maximum absolute atomic E-state index is 13.1. The zero-order valence-corrected chi connectivity index (χ0v) is 18.5.